The van der Waals surface area contributed by atoms with Crippen LogP contribution in [-0.2, 0) is 4.74 Å². The summed E-state index contributed by atoms with van der Waals surface area (Å²) in [5.74, 6) is 0. The number of rotatable bonds is 2. The van der Waals surface area contributed by atoms with Crippen molar-refractivity contribution in [2.45, 2.75) is 18.9 Å². The molecule has 1 heterocycles. The van der Waals surface area contributed by atoms with E-state index in [1.165, 1.54) is 0 Å². The molecule has 1 aliphatic heterocycles. The van der Waals surface area contributed by atoms with E-state index in [1.807, 2.05) is 0 Å². The van der Waals surface area contributed by atoms with Gasteiger partial charge in [0.2, 0.25) is 0 Å². The Morgan fingerprint density at radius 3 is 2.67 bits per heavy atom. The van der Waals surface area contributed by atoms with Crippen molar-refractivity contribution in [3.63, 3.8) is 0 Å². The van der Waals surface area contributed by atoms with Crippen LogP contribution in [0.2, 0.25) is 5.02 Å². The molecule has 0 saturated carbocycles. The third-order valence-corrected chi connectivity index (χ3v) is 4.62. The van der Waals surface area contributed by atoms with Crippen molar-refractivity contribution in [2.75, 3.05) is 13.2 Å². The predicted molar refractivity (Wildman–Crippen MR) is 72.2 cm³/mol. The number of nitriles is 1. The fourth-order valence-corrected chi connectivity index (χ4v) is 2.62. The first-order valence-electron chi connectivity index (χ1n) is 5.71. The maximum absolute atomic E-state index is 10.5. The zero-order valence-corrected chi connectivity index (χ0v) is 12.0. The molecule has 1 unspecified atom stereocenters. The molecular formula is C13H13BrClNO2. The normalized spacial score (nSPS) is 20.1. The largest absolute Gasteiger partial charge is 0.387 e. The van der Waals surface area contributed by atoms with Gasteiger partial charge >= 0.3 is 0 Å². The minimum Gasteiger partial charge on any atom is -0.387 e. The minimum absolute atomic E-state index is 0.509. The zero-order chi connectivity index (χ0) is 13.2. The molecule has 18 heavy (non-hydrogen) atoms. The fraction of sp³-hybridized carbons (Fsp3) is 0.462. The molecule has 96 valence electrons. The number of ether oxygens (including phenoxy) is 1. The van der Waals surface area contributed by atoms with Gasteiger partial charge in [-0.1, -0.05) is 17.7 Å². The van der Waals surface area contributed by atoms with E-state index in [4.69, 9.17) is 16.3 Å². The first kappa shape index (κ1) is 13.8. The first-order chi connectivity index (χ1) is 8.59. The summed E-state index contributed by atoms with van der Waals surface area (Å²) in [5.41, 5.74) is -0.0956. The maximum Gasteiger partial charge on any atom is 0.0978 e. The highest BCUT2D eigenvalue weighted by Gasteiger charge is 2.40. The van der Waals surface area contributed by atoms with Gasteiger partial charge in [0.15, 0.2) is 0 Å². The van der Waals surface area contributed by atoms with Crippen molar-refractivity contribution in [1.29, 1.82) is 5.26 Å². The molecule has 1 atom stereocenters. The molecule has 1 aromatic carbocycles. The van der Waals surface area contributed by atoms with Crippen molar-refractivity contribution in [3.05, 3.63) is 33.3 Å². The zero-order valence-electron chi connectivity index (χ0n) is 9.70. The van der Waals surface area contributed by atoms with Crippen molar-refractivity contribution in [1.82, 2.24) is 0 Å². The van der Waals surface area contributed by atoms with Crippen molar-refractivity contribution in [2.24, 2.45) is 5.41 Å². The summed E-state index contributed by atoms with van der Waals surface area (Å²) in [4.78, 5) is 0. The monoisotopic (exact) mass is 329 g/mol. The van der Waals surface area contributed by atoms with Crippen LogP contribution in [0.3, 0.4) is 0 Å². The standard InChI is InChI=1S/C13H13BrClNO2/c14-10-2-1-9(7-11(10)15)12(17)13(8-16)3-5-18-6-4-13/h1-2,7,12,17H,3-6H2. The molecule has 0 aromatic heterocycles. The van der Waals surface area contributed by atoms with E-state index in [0.29, 0.717) is 36.6 Å². The smallest absolute Gasteiger partial charge is 0.0978 e. The Morgan fingerprint density at radius 1 is 1.44 bits per heavy atom. The van der Waals surface area contributed by atoms with E-state index in [9.17, 15) is 10.4 Å². The highest BCUT2D eigenvalue weighted by atomic mass is 79.9. The van der Waals surface area contributed by atoms with Gasteiger partial charge in [0.1, 0.15) is 0 Å². The van der Waals surface area contributed by atoms with Crippen LogP contribution in [0, 0.1) is 16.7 Å². The second-order valence-corrected chi connectivity index (χ2v) is 5.72. The van der Waals surface area contributed by atoms with Crippen LogP contribution in [0.4, 0.5) is 0 Å². The molecule has 2 rings (SSSR count). The van der Waals surface area contributed by atoms with Gasteiger partial charge in [-0.25, -0.2) is 0 Å². The molecule has 1 N–H and O–H groups in total. The Kier molecular flexibility index (Phi) is 4.29. The molecule has 5 heteroatoms. The SMILES string of the molecule is N#CC1(C(O)c2ccc(Br)c(Cl)c2)CCOCC1. The summed E-state index contributed by atoms with van der Waals surface area (Å²) < 4.78 is 6.04. The number of hydrogen-bond acceptors (Lipinski definition) is 3. The van der Waals surface area contributed by atoms with Crippen LogP contribution in [-0.4, -0.2) is 18.3 Å². The topological polar surface area (TPSA) is 53.2 Å². The Labute approximate surface area is 119 Å². The second kappa shape index (κ2) is 5.58. The number of halogens is 2. The van der Waals surface area contributed by atoms with E-state index >= 15 is 0 Å². The van der Waals surface area contributed by atoms with Crippen molar-refractivity contribution in [3.8, 4) is 6.07 Å². The van der Waals surface area contributed by atoms with Gasteiger partial charge in [-0.05, 0) is 46.5 Å². The average Bonchev–Trinajstić information content (AvgIpc) is 2.42. The van der Waals surface area contributed by atoms with E-state index in [1.54, 1.807) is 18.2 Å². The number of aliphatic hydroxyl groups is 1. The Hall–Kier alpha value is -0.600. The molecule has 0 radical (unpaired) electrons. The second-order valence-electron chi connectivity index (χ2n) is 4.46. The summed E-state index contributed by atoms with van der Waals surface area (Å²) in [7, 11) is 0. The van der Waals surface area contributed by atoms with Gasteiger partial charge < -0.3 is 9.84 Å². The average molecular weight is 331 g/mol. The lowest BCUT2D eigenvalue weighted by Gasteiger charge is -2.35. The third kappa shape index (κ3) is 2.55. The molecule has 1 aromatic rings. The van der Waals surface area contributed by atoms with E-state index in [0.717, 1.165) is 4.47 Å². The molecule has 0 bridgehead atoms. The Morgan fingerprint density at radius 2 is 2.11 bits per heavy atom. The number of benzene rings is 1. The molecule has 3 nitrogen and oxygen atoms in total. The minimum atomic E-state index is -0.836. The lowest BCUT2D eigenvalue weighted by Crippen LogP contribution is -2.34. The summed E-state index contributed by atoms with van der Waals surface area (Å²) in [6.07, 6.45) is 0.244. The summed E-state index contributed by atoms with van der Waals surface area (Å²) >= 11 is 9.33. The third-order valence-electron chi connectivity index (χ3n) is 3.39. The number of aliphatic hydroxyl groups excluding tert-OH is 1. The lowest BCUT2D eigenvalue weighted by molar-refractivity contribution is -0.0310. The van der Waals surface area contributed by atoms with Crippen LogP contribution in [0.25, 0.3) is 0 Å². The van der Waals surface area contributed by atoms with Crippen molar-refractivity contribution >= 4 is 27.5 Å². The Bertz CT molecular complexity index is 480. The summed E-state index contributed by atoms with van der Waals surface area (Å²) in [5, 5.41) is 20.4. The quantitative estimate of drug-likeness (QED) is 0.903. The van der Waals surface area contributed by atoms with Crippen LogP contribution >= 0.6 is 27.5 Å². The number of hydrogen-bond donors (Lipinski definition) is 1. The highest BCUT2D eigenvalue weighted by Crippen LogP contribution is 2.42. The molecule has 1 saturated heterocycles. The molecule has 1 fully saturated rings. The maximum atomic E-state index is 10.5. The summed E-state index contributed by atoms with van der Waals surface area (Å²) in [6.45, 7) is 1.02. The van der Waals surface area contributed by atoms with Gasteiger partial charge in [0, 0.05) is 17.7 Å². The van der Waals surface area contributed by atoms with Crippen LogP contribution in [0.15, 0.2) is 22.7 Å². The van der Waals surface area contributed by atoms with Gasteiger partial charge in [-0.2, -0.15) is 5.26 Å². The first-order valence-corrected chi connectivity index (χ1v) is 6.88. The van der Waals surface area contributed by atoms with Gasteiger partial charge in [0.25, 0.3) is 0 Å². The van der Waals surface area contributed by atoms with E-state index in [2.05, 4.69) is 22.0 Å². The van der Waals surface area contributed by atoms with E-state index < -0.39 is 11.5 Å². The fourth-order valence-electron chi connectivity index (χ4n) is 2.18. The molecule has 0 spiro atoms. The van der Waals surface area contributed by atoms with E-state index in [-0.39, 0.29) is 0 Å². The van der Waals surface area contributed by atoms with Gasteiger partial charge in [0.05, 0.1) is 22.6 Å². The lowest BCUT2D eigenvalue weighted by atomic mass is 9.74. The van der Waals surface area contributed by atoms with Crippen LogP contribution < -0.4 is 0 Å². The van der Waals surface area contributed by atoms with Gasteiger partial charge in [-0.3, -0.25) is 0 Å². The van der Waals surface area contributed by atoms with Gasteiger partial charge in [-0.15, -0.1) is 0 Å². The van der Waals surface area contributed by atoms with Crippen molar-refractivity contribution < 1.29 is 9.84 Å². The molecule has 1 aliphatic rings. The Balaban J connectivity index is 2.31. The summed E-state index contributed by atoms with van der Waals surface area (Å²) in [6, 6.07) is 7.53. The predicted octanol–water partition coefficient (Wildman–Crippen LogP) is 3.46. The number of nitrogens with zero attached hydrogens (tertiary/aromatic N) is 1. The molecular weight excluding hydrogens is 318 g/mol. The highest BCUT2D eigenvalue weighted by molar-refractivity contribution is 9.10. The molecule has 0 amide bonds. The van der Waals surface area contributed by atoms with Crippen LogP contribution in [0.5, 0.6) is 0 Å². The van der Waals surface area contributed by atoms with Crippen LogP contribution in [0.1, 0.15) is 24.5 Å². The molecule has 0 aliphatic carbocycles.